The number of fused-ring (bicyclic) bond motifs is 2. The minimum Gasteiger partial charge on any atom is -0.508 e. The van der Waals surface area contributed by atoms with Gasteiger partial charge in [-0.25, -0.2) is 0 Å². The number of benzene rings is 1. The molecule has 2 aliphatic heterocycles. The van der Waals surface area contributed by atoms with Crippen LogP contribution >= 0.6 is 0 Å². The summed E-state index contributed by atoms with van der Waals surface area (Å²) in [4.78, 5) is 29.3. The number of esters is 1. The van der Waals surface area contributed by atoms with Crippen molar-refractivity contribution in [1.82, 2.24) is 9.80 Å². The molecule has 1 aliphatic carbocycles. The molecule has 1 amide bonds. The Morgan fingerprint density at radius 2 is 1.79 bits per heavy atom. The number of aromatic hydroxyl groups is 1. The maximum Gasteiger partial charge on any atom is 0.306 e. The highest BCUT2D eigenvalue weighted by Crippen LogP contribution is 2.43. The number of phenols is 1. The number of hydrogen-bond donors (Lipinski definition) is 1. The Morgan fingerprint density at radius 3 is 2.45 bits per heavy atom. The lowest BCUT2D eigenvalue weighted by Crippen LogP contribution is -2.47. The van der Waals surface area contributed by atoms with Crippen LogP contribution in [0.4, 0.5) is 0 Å². The summed E-state index contributed by atoms with van der Waals surface area (Å²) in [6.07, 6.45) is 11.4. The topological polar surface area (TPSA) is 70.1 Å². The van der Waals surface area contributed by atoms with Crippen molar-refractivity contribution in [2.24, 2.45) is 5.92 Å². The first-order valence-electron chi connectivity index (χ1n) is 12.9. The van der Waals surface area contributed by atoms with Gasteiger partial charge >= 0.3 is 5.97 Å². The fourth-order valence-corrected chi connectivity index (χ4v) is 6.39. The summed E-state index contributed by atoms with van der Waals surface area (Å²) in [6, 6.07) is 8.86. The summed E-state index contributed by atoms with van der Waals surface area (Å²) in [6.45, 7) is 2.49. The first kappa shape index (κ1) is 24.1. The van der Waals surface area contributed by atoms with E-state index in [0.29, 0.717) is 29.7 Å². The molecule has 2 unspecified atom stereocenters. The summed E-state index contributed by atoms with van der Waals surface area (Å²) >= 11 is 0. The lowest BCUT2D eigenvalue weighted by atomic mass is 9.85. The van der Waals surface area contributed by atoms with E-state index < -0.39 is 0 Å². The van der Waals surface area contributed by atoms with Gasteiger partial charge in [0.15, 0.2) is 0 Å². The Kier molecular flexibility index (Phi) is 8.29. The lowest BCUT2D eigenvalue weighted by molar-refractivity contribution is -0.143. The van der Waals surface area contributed by atoms with E-state index in [1.165, 1.54) is 57.6 Å². The molecule has 1 N–H and O–H groups in total. The number of piperidine rings is 1. The van der Waals surface area contributed by atoms with Crippen LogP contribution in [0.5, 0.6) is 5.75 Å². The molecule has 0 aromatic heterocycles. The molecule has 2 saturated heterocycles. The molecule has 2 atom stereocenters. The largest absolute Gasteiger partial charge is 0.508 e. The number of rotatable bonds is 9. The van der Waals surface area contributed by atoms with Crippen LogP contribution in [0.25, 0.3) is 0 Å². The van der Waals surface area contributed by atoms with Gasteiger partial charge in [-0.15, -0.1) is 0 Å². The van der Waals surface area contributed by atoms with E-state index in [9.17, 15) is 14.7 Å². The van der Waals surface area contributed by atoms with Crippen LogP contribution in [-0.2, 0) is 14.3 Å². The van der Waals surface area contributed by atoms with E-state index in [2.05, 4.69) is 11.0 Å². The van der Waals surface area contributed by atoms with Crippen LogP contribution in [0, 0.1) is 5.92 Å². The highest BCUT2D eigenvalue weighted by atomic mass is 16.5. The van der Waals surface area contributed by atoms with Crippen LogP contribution in [0.1, 0.15) is 82.1 Å². The van der Waals surface area contributed by atoms with Crippen molar-refractivity contribution in [2.45, 2.75) is 88.6 Å². The summed E-state index contributed by atoms with van der Waals surface area (Å²) in [5.74, 6) is 1.23. The highest BCUT2D eigenvalue weighted by Gasteiger charge is 2.41. The van der Waals surface area contributed by atoms with Gasteiger partial charge in [0.05, 0.1) is 13.5 Å². The molecule has 6 nitrogen and oxygen atoms in total. The predicted octanol–water partition coefficient (Wildman–Crippen LogP) is 4.46. The standard InChI is InChI=1S/C27H40N2O4/c1-33-27(32)13-12-26(31)28(19-20-6-3-2-4-7-20)14-15-29-23-10-11-24(29)17-22(16-23)21-8-5-9-25(30)18-21/h5,8-9,18,20,22-24,30H,2-4,6-7,10-17,19H2,1H3. The van der Waals surface area contributed by atoms with E-state index in [1.54, 1.807) is 6.07 Å². The van der Waals surface area contributed by atoms with Crippen molar-refractivity contribution in [3.63, 3.8) is 0 Å². The van der Waals surface area contributed by atoms with Gasteiger partial charge in [-0.2, -0.15) is 0 Å². The maximum atomic E-state index is 13.0. The summed E-state index contributed by atoms with van der Waals surface area (Å²) in [7, 11) is 1.38. The number of methoxy groups -OCH3 is 1. The molecular weight excluding hydrogens is 416 g/mol. The fourth-order valence-electron chi connectivity index (χ4n) is 6.39. The van der Waals surface area contributed by atoms with Gasteiger partial charge in [0.1, 0.15) is 5.75 Å². The molecule has 0 spiro atoms. The van der Waals surface area contributed by atoms with Gasteiger partial charge in [0.2, 0.25) is 5.91 Å². The number of carbonyl (C=O) groups is 2. The van der Waals surface area contributed by atoms with Gasteiger partial charge < -0.3 is 14.7 Å². The predicted molar refractivity (Wildman–Crippen MR) is 128 cm³/mol. The van der Waals surface area contributed by atoms with E-state index in [4.69, 9.17) is 4.74 Å². The van der Waals surface area contributed by atoms with Gasteiger partial charge in [0.25, 0.3) is 0 Å². The van der Waals surface area contributed by atoms with Crippen molar-refractivity contribution in [3.05, 3.63) is 29.8 Å². The monoisotopic (exact) mass is 456 g/mol. The molecule has 1 saturated carbocycles. The van der Waals surface area contributed by atoms with Crippen molar-refractivity contribution in [2.75, 3.05) is 26.7 Å². The van der Waals surface area contributed by atoms with Gasteiger partial charge in [-0.05, 0) is 68.1 Å². The molecule has 3 fully saturated rings. The van der Waals surface area contributed by atoms with E-state index in [-0.39, 0.29) is 24.7 Å². The maximum absolute atomic E-state index is 13.0. The molecule has 1 aromatic rings. The van der Waals surface area contributed by atoms with Crippen molar-refractivity contribution in [1.29, 1.82) is 0 Å². The normalized spacial score (nSPS) is 25.7. The number of hydrogen-bond acceptors (Lipinski definition) is 5. The third-order valence-electron chi connectivity index (χ3n) is 8.18. The Morgan fingerprint density at radius 1 is 1.06 bits per heavy atom. The molecule has 0 radical (unpaired) electrons. The minimum absolute atomic E-state index is 0.0907. The Balaban J connectivity index is 1.35. The zero-order valence-corrected chi connectivity index (χ0v) is 20.1. The van der Waals surface area contributed by atoms with E-state index in [0.717, 1.165) is 32.5 Å². The van der Waals surface area contributed by atoms with Gasteiger partial charge in [0, 0.05) is 38.1 Å². The molecule has 33 heavy (non-hydrogen) atoms. The first-order chi connectivity index (χ1) is 16.0. The van der Waals surface area contributed by atoms with Crippen LogP contribution in [0.3, 0.4) is 0 Å². The van der Waals surface area contributed by atoms with Gasteiger partial charge in [-0.1, -0.05) is 31.4 Å². The van der Waals surface area contributed by atoms with Crippen molar-refractivity contribution >= 4 is 11.9 Å². The average molecular weight is 457 g/mol. The fraction of sp³-hybridized carbons (Fsp3) is 0.704. The van der Waals surface area contributed by atoms with Gasteiger partial charge in [-0.3, -0.25) is 14.5 Å². The van der Waals surface area contributed by atoms with Crippen LogP contribution in [-0.4, -0.2) is 65.6 Å². The Hall–Kier alpha value is -2.08. The van der Waals surface area contributed by atoms with E-state index >= 15 is 0 Å². The molecule has 2 bridgehead atoms. The van der Waals surface area contributed by atoms with Crippen LogP contribution in [0.2, 0.25) is 0 Å². The zero-order chi connectivity index (χ0) is 23.2. The second kappa shape index (κ2) is 11.4. The number of carbonyl (C=O) groups excluding carboxylic acids is 2. The smallest absolute Gasteiger partial charge is 0.306 e. The number of nitrogens with zero attached hydrogens (tertiary/aromatic N) is 2. The molecule has 1 aromatic carbocycles. The van der Waals surface area contributed by atoms with Crippen molar-refractivity contribution < 1.29 is 19.4 Å². The SMILES string of the molecule is COC(=O)CCC(=O)N(CCN1C2CCC1CC(c1cccc(O)c1)C2)CC1CCCCC1. The highest BCUT2D eigenvalue weighted by molar-refractivity contribution is 5.81. The third-order valence-corrected chi connectivity index (χ3v) is 8.18. The van der Waals surface area contributed by atoms with Crippen molar-refractivity contribution in [3.8, 4) is 5.75 Å². The molecule has 2 heterocycles. The molecule has 3 aliphatic rings. The number of amides is 1. The first-order valence-corrected chi connectivity index (χ1v) is 12.9. The number of phenolic OH excluding ortho intramolecular Hbond substituents is 1. The summed E-state index contributed by atoms with van der Waals surface area (Å²) in [5.41, 5.74) is 1.25. The second-order valence-electron chi connectivity index (χ2n) is 10.3. The Labute approximate surface area is 198 Å². The zero-order valence-electron chi connectivity index (χ0n) is 20.1. The second-order valence-corrected chi connectivity index (χ2v) is 10.3. The molecule has 6 heteroatoms. The summed E-state index contributed by atoms with van der Waals surface area (Å²) < 4.78 is 4.74. The van der Waals surface area contributed by atoms with E-state index in [1.807, 2.05) is 17.0 Å². The third kappa shape index (κ3) is 6.28. The molecule has 4 rings (SSSR count). The minimum atomic E-state index is -0.312. The summed E-state index contributed by atoms with van der Waals surface area (Å²) in [5, 5.41) is 9.89. The van der Waals surface area contributed by atoms with Crippen LogP contribution in [0.15, 0.2) is 24.3 Å². The average Bonchev–Trinajstić information content (AvgIpc) is 3.06. The number of ether oxygens (including phenoxy) is 1. The molecular formula is C27H40N2O4. The molecule has 182 valence electrons. The quantitative estimate of drug-likeness (QED) is 0.556. The lowest BCUT2D eigenvalue weighted by Gasteiger charge is -2.40. The Bertz CT molecular complexity index is 793. The van der Waals surface area contributed by atoms with Crippen LogP contribution < -0.4 is 0 Å².